The van der Waals surface area contributed by atoms with Crippen LogP contribution in [0.2, 0.25) is 0 Å². The SMILES string of the molecule is COc1ccc(CNC(=O)c2ccc3[nH]c(C)cc3c2)cc1OC. The van der Waals surface area contributed by atoms with E-state index in [9.17, 15) is 4.79 Å². The maximum absolute atomic E-state index is 12.4. The molecule has 124 valence electrons. The van der Waals surface area contributed by atoms with Gasteiger partial charge >= 0.3 is 0 Å². The molecule has 0 fully saturated rings. The summed E-state index contributed by atoms with van der Waals surface area (Å²) in [4.78, 5) is 15.6. The highest BCUT2D eigenvalue weighted by atomic mass is 16.5. The second-order valence-corrected chi connectivity index (χ2v) is 5.63. The van der Waals surface area contributed by atoms with Gasteiger partial charge in [-0.25, -0.2) is 0 Å². The first-order valence-electron chi connectivity index (χ1n) is 7.69. The highest BCUT2D eigenvalue weighted by molar-refractivity contribution is 5.98. The summed E-state index contributed by atoms with van der Waals surface area (Å²) in [6.45, 7) is 2.42. The first-order valence-corrected chi connectivity index (χ1v) is 7.69. The number of H-pyrrole nitrogens is 1. The molecule has 0 atom stereocenters. The number of hydrogen-bond acceptors (Lipinski definition) is 3. The van der Waals surface area contributed by atoms with E-state index in [1.165, 1.54) is 0 Å². The number of carbonyl (C=O) groups excluding carboxylic acids is 1. The summed E-state index contributed by atoms with van der Waals surface area (Å²) in [6.07, 6.45) is 0. The number of aryl methyl sites for hydroxylation is 1. The fraction of sp³-hybridized carbons (Fsp3) is 0.211. The van der Waals surface area contributed by atoms with Crippen molar-refractivity contribution in [3.63, 3.8) is 0 Å². The lowest BCUT2D eigenvalue weighted by atomic mass is 10.1. The number of aromatic amines is 1. The normalized spacial score (nSPS) is 10.6. The number of carbonyl (C=O) groups is 1. The van der Waals surface area contributed by atoms with Crippen LogP contribution in [0.1, 0.15) is 21.6 Å². The molecule has 0 aliphatic heterocycles. The van der Waals surface area contributed by atoms with E-state index < -0.39 is 0 Å². The van der Waals surface area contributed by atoms with Crippen molar-refractivity contribution in [1.29, 1.82) is 0 Å². The standard InChI is InChI=1S/C19H20N2O3/c1-12-8-15-10-14(5-6-16(15)21-12)19(22)20-11-13-4-7-17(23-2)18(9-13)24-3/h4-10,21H,11H2,1-3H3,(H,20,22). The van der Waals surface area contributed by atoms with Crippen molar-refractivity contribution in [2.45, 2.75) is 13.5 Å². The molecule has 0 saturated carbocycles. The Morgan fingerprint density at radius 3 is 2.58 bits per heavy atom. The molecule has 0 unspecified atom stereocenters. The third kappa shape index (κ3) is 3.20. The fourth-order valence-electron chi connectivity index (χ4n) is 2.69. The minimum absolute atomic E-state index is 0.106. The average molecular weight is 324 g/mol. The zero-order valence-corrected chi connectivity index (χ0v) is 14.0. The highest BCUT2D eigenvalue weighted by Crippen LogP contribution is 2.27. The number of nitrogens with one attached hydrogen (secondary N) is 2. The van der Waals surface area contributed by atoms with Gasteiger partial charge in [-0.05, 0) is 48.9 Å². The molecule has 0 aliphatic rings. The van der Waals surface area contributed by atoms with Crippen LogP contribution in [0, 0.1) is 6.92 Å². The number of amides is 1. The smallest absolute Gasteiger partial charge is 0.251 e. The molecule has 5 heteroatoms. The zero-order chi connectivity index (χ0) is 17.1. The van der Waals surface area contributed by atoms with E-state index in [4.69, 9.17) is 9.47 Å². The lowest BCUT2D eigenvalue weighted by molar-refractivity contribution is 0.0951. The van der Waals surface area contributed by atoms with Crippen LogP contribution in [0.15, 0.2) is 42.5 Å². The second-order valence-electron chi connectivity index (χ2n) is 5.63. The minimum atomic E-state index is -0.106. The molecule has 1 aromatic heterocycles. The van der Waals surface area contributed by atoms with Crippen molar-refractivity contribution in [1.82, 2.24) is 10.3 Å². The Kier molecular flexibility index (Phi) is 4.42. The number of methoxy groups -OCH3 is 2. The zero-order valence-electron chi connectivity index (χ0n) is 14.0. The van der Waals surface area contributed by atoms with Crippen molar-refractivity contribution >= 4 is 16.8 Å². The first-order chi connectivity index (χ1) is 11.6. The Bertz CT molecular complexity index is 883. The van der Waals surface area contributed by atoms with Gasteiger partial charge in [-0.2, -0.15) is 0 Å². The van der Waals surface area contributed by atoms with Crippen LogP contribution in [-0.4, -0.2) is 25.1 Å². The van der Waals surface area contributed by atoms with Crippen LogP contribution in [0.3, 0.4) is 0 Å². The Labute approximate surface area is 140 Å². The van der Waals surface area contributed by atoms with Gasteiger partial charge in [0.05, 0.1) is 14.2 Å². The van der Waals surface area contributed by atoms with E-state index in [1.54, 1.807) is 14.2 Å². The molecule has 0 saturated heterocycles. The van der Waals surface area contributed by atoms with E-state index in [-0.39, 0.29) is 5.91 Å². The van der Waals surface area contributed by atoms with Crippen molar-refractivity contribution in [3.05, 3.63) is 59.3 Å². The molecular weight excluding hydrogens is 304 g/mol. The van der Waals surface area contributed by atoms with E-state index in [0.717, 1.165) is 22.2 Å². The summed E-state index contributed by atoms with van der Waals surface area (Å²) < 4.78 is 10.5. The molecule has 1 heterocycles. The number of ether oxygens (including phenoxy) is 2. The number of aromatic nitrogens is 1. The molecule has 24 heavy (non-hydrogen) atoms. The summed E-state index contributed by atoms with van der Waals surface area (Å²) in [6, 6.07) is 13.3. The van der Waals surface area contributed by atoms with Gasteiger partial charge in [0.1, 0.15) is 0 Å². The third-order valence-corrected chi connectivity index (χ3v) is 3.92. The van der Waals surface area contributed by atoms with Crippen LogP contribution in [-0.2, 0) is 6.54 Å². The topological polar surface area (TPSA) is 63.3 Å². The Morgan fingerprint density at radius 1 is 1.04 bits per heavy atom. The van der Waals surface area contributed by atoms with Gasteiger partial charge in [-0.1, -0.05) is 6.07 Å². The van der Waals surface area contributed by atoms with E-state index in [1.807, 2.05) is 49.4 Å². The molecular formula is C19H20N2O3. The Morgan fingerprint density at radius 2 is 1.83 bits per heavy atom. The van der Waals surface area contributed by atoms with Crippen molar-refractivity contribution in [2.75, 3.05) is 14.2 Å². The third-order valence-electron chi connectivity index (χ3n) is 3.92. The molecule has 1 amide bonds. The van der Waals surface area contributed by atoms with Crippen LogP contribution >= 0.6 is 0 Å². The lowest BCUT2D eigenvalue weighted by Crippen LogP contribution is -2.22. The molecule has 3 aromatic rings. The van der Waals surface area contributed by atoms with E-state index >= 15 is 0 Å². The number of fused-ring (bicyclic) bond motifs is 1. The number of hydrogen-bond donors (Lipinski definition) is 2. The highest BCUT2D eigenvalue weighted by Gasteiger charge is 2.09. The summed E-state index contributed by atoms with van der Waals surface area (Å²) in [7, 11) is 3.19. The van der Waals surface area contributed by atoms with E-state index in [2.05, 4.69) is 10.3 Å². The molecule has 2 aromatic carbocycles. The van der Waals surface area contributed by atoms with Crippen LogP contribution in [0.4, 0.5) is 0 Å². The summed E-state index contributed by atoms with van der Waals surface area (Å²) in [5.41, 5.74) is 3.69. The van der Waals surface area contributed by atoms with Gasteiger partial charge in [0.25, 0.3) is 5.91 Å². The van der Waals surface area contributed by atoms with Gasteiger partial charge in [-0.3, -0.25) is 4.79 Å². The molecule has 5 nitrogen and oxygen atoms in total. The van der Waals surface area contributed by atoms with Crippen molar-refractivity contribution in [3.8, 4) is 11.5 Å². The quantitative estimate of drug-likeness (QED) is 0.756. The van der Waals surface area contributed by atoms with Gasteiger partial charge < -0.3 is 19.8 Å². The van der Waals surface area contributed by atoms with Gasteiger partial charge in [-0.15, -0.1) is 0 Å². The summed E-state index contributed by atoms with van der Waals surface area (Å²) in [5.74, 6) is 1.21. The predicted octanol–water partition coefficient (Wildman–Crippen LogP) is 3.42. The summed E-state index contributed by atoms with van der Waals surface area (Å²) >= 11 is 0. The molecule has 3 rings (SSSR count). The van der Waals surface area contributed by atoms with E-state index in [0.29, 0.717) is 23.6 Å². The number of rotatable bonds is 5. The molecule has 0 spiro atoms. The average Bonchev–Trinajstić information content (AvgIpc) is 2.98. The van der Waals surface area contributed by atoms with Crippen LogP contribution in [0.5, 0.6) is 11.5 Å². The lowest BCUT2D eigenvalue weighted by Gasteiger charge is -2.10. The first kappa shape index (κ1) is 15.9. The number of benzene rings is 2. The molecule has 2 N–H and O–H groups in total. The predicted molar refractivity (Wildman–Crippen MR) is 93.8 cm³/mol. The van der Waals surface area contributed by atoms with Gasteiger partial charge in [0, 0.05) is 28.7 Å². The maximum Gasteiger partial charge on any atom is 0.251 e. The second kappa shape index (κ2) is 6.66. The Balaban J connectivity index is 1.72. The molecule has 0 bridgehead atoms. The van der Waals surface area contributed by atoms with Crippen molar-refractivity contribution in [2.24, 2.45) is 0 Å². The fourth-order valence-corrected chi connectivity index (χ4v) is 2.69. The Hall–Kier alpha value is -2.95. The molecule has 0 radical (unpaired) electrons. The van der Waals surface area contributed by atoms with Crippen LogP contribution < -0.4 is 14.8 Å². The minimum Gasteiger partial charge on any atom is -0.493 e. The van der Waals surface area contributed by atoms with Gasteiger partial charge in [0.15, 0.2) is 11.5 Å². The van der Waals surface area contributed by atoms with Gasteiger partial charge in [0.2, 0.25) is 0 Å². The summed E-state index contributed by atoms with van der Waals surface area (Å²) in [5, 5.41) is 3.96. The monoisotopic (exact) mass is 324 g/mol. The maximum atomic E-state index is 12.4. The van der Waals surface area contributed by atoms with Crippen LogP contribution in [0.25, 0.3) is 10.9 Å². The van der Waals surface area contributed by atoms with Crippen molar-refractivity contribution < 1.29 is 14.3 Å². The largest absolute Gasteiger partial charge is 0.493 e. The molecule has 0 aliphatic carbocycles.